The number of nitrogens with two attached hydrogens (primary N) is 1. The SMILES string of the molecule is NC(=O)OCc1nc2ccc(OC(F)(F)F)cc2s1. The molecular formula is C10H7F3N2O3S. The molecule has 0 spiro atoms. The first-order valence-electron chi connectivity index (χ1n) is 4.91. The van der Waals surface area contributed by atoms with Crippen LogP contribution in [-0.2, 0) is 11.3 Å². The van der Waals surface area contributed by atoms with Crippen LogP contribution < -0.4 is 10.5 Å². The summed E-state index contributed by atoms with van der Waals surface area (Å²) in [5, 5.41) is 0.429. The molecule has 0 aliphatic heterocycles. The zero-order chi connectivity index (χ0) is 14.0. The summed E-state index contributed by atoms with van der Waals surface area (Å²) in [4.78, 5) is 14.5. The minimum Gasteiger partial charge on any atom is -0.442 e. The molecule has 1 aromatic carbocycles. The topological polar surface area (TPSA) is 74.4 Å². The van der Waals surface area contributed by atoms with E-state index in [1.165, 1.54) is 12.1 Å². The summed E-state index contributed by atoms with van der Waals surface area (Å²) in [6, 6.07) is 3.77. The Morgan fingerprint density at radius 3 is 2.79 bits per heavy atom. The second-order valence-corrected chi connectivity index (χ2v) is 4.51. The Bertz CT molecular complexity index is 612. The van der Waals surface area contributed by atoms with Crippen LogP contribution in [0.1, 0.15) is 5.01 Å². The second-order valence-electron chi connectivity index (χ2n) is 3.39. The minimum absolute atomic E-state index is 0.121. The summed E-state index contributed by atoms with van der Waals surface area (Å²) >= 11 is 1.09. The molecule has 9 heteroatoms. The van der Waals surface area contributed by atoms with Crippen molar-refractivity contribution in [3.05, 3.63) is 23.2 Å². The molecule has 0 aliphatic rings. The predicted octanol–water partition coefficient (Wildman–Crippen LogP) is 2.79. The summed E-state index contributed by atoms with van der Waals surface area (Å²) < 4.78 is 45.0. The minimum atomic E-state index is -4.74. The number of alkyl halides is 3. The van der Waals surface area contributed by atoms with Crippen LogP contribution in [0.25, 0.3) is 10.2 Å². The number of halogens is 3. The van der Waals surface area contributed by atoms with Crippen LogP contribution in [0.2, 0.25) is 0 Å². The van der Waals surface area contributed by atoms with Gasteiger partial charge < -0.3 is 15.2 Å². The number of ether oxygens (including phenoxy) is 2. The van der Waals surface area contributed by atoms with Crippen molar-refractivity contribution in [3.8, 4) is 5.75 Å². The summed E-state index contributed by atoms with van der Waals surface area (Å²) in [6.07, 6.45) is -5.68. The van der Waals surface area contributed by atoms with Gasteiger partial charge in [0.05, 0.1) is 10.2 Å². The van der Waals surface area contributed by atoms with Crippen molar-refractivity contribution in [1.29, 1.82) is 0 Å². The van der Waals surface area contributed by atoms with Gasteiger partial charge in [-0.05, 0) is 18.2 Å². The fourth-order valence-electron chi connectivity index (χ4n) is 1.34. The number of rotatable bonds is 3. The molecule has 5 nitrogen and oxygen atoms in total. The van der Waals surface area contributed by atoms with E-state index in [9.17, 15) is 18.0 Å². The maximum Gasteiger partial charge on any atom is 0.573 e. The second kappa shape index (κ2) is 4.92. The maximum atomic E-state index is 12.1. The van der Waals surface area contributed by atoms with Gasteiger partial charge in [-0.1, -0.05) is 0 Å². The number of fused-ring (bicyclic) bond motifs is 1. The number of carbonyl (C=O) groups is 1. The molecule has 1 heterocycles. The number of primary amides is 1. The zero-order valence-corrected chi connectivity index (χ0v) is 10.0. The molecule has 1 amide bonds. The smallest absolute Gasteiger partial charge is 0.442 e. The van der Waals surface area contributed by atoms with E-state index in [4.69, 9.17) is 5.73 Å². The number of amides is 1. The van der Waals surface area contributed by atoms with Crippen molar-refractivity contribution in [1.82, 2.24) is 4.98 Å². The summed E-state index contributed by atoms with van der Waals surface area (Å²) in [5.41, 5.74) is 5.29. The quantitative estimate of drug-likeness (QED) is 0.944. The van der Waals surface area contributed by atoms with Crippen LogP contribution >= 0.6 is 11.3 Å². The highest BCUT2D eigenvalue weighted by Crippen LogP contribution is 2.29. The number of benzene rings is 1. The third kappa shape index (κ3) is 3.71. The number of thiazole rings is 1. The molecule has 0 radical (unpaired) electrons. The summed E-state index contributed by atoms with van der Waals surface area (Å²) in [5.74, 6) is -0.328. The van der Waals surface area contributed by atoms with Crippen LogP contribution in [0.15, 0.2) is 18.2 Å². The largest absolute Gasteiger partial charge is 0.573 e. The van der Waals surface area contributed by atoms with E-state index in [2.05, 4.69) is 14.5 Å². The average molecular weight is 292 g/mol. The molecule has 2 rings (SSSR count). The number of nitrogens with zero attached hydrogens (tertiary/aromatic N) is 1. The van der Waals surface area contributed by atoms with Gasteiger partial charge in [0, 0.05) is 0 Å². The molecule has 0 saturated carbocycles. The van der Waals surface area contributed by atoms with Gasteiger partial charge in [0.25, 0.3) is 0 Å². The molecule has 2 aromatic rings. The lowest BCUT2D eigenvalue weighted by Gasteiger charge is -2.07. The lowest BCUT2D eigenvalue weighted by Crippen LogP contribution is -2.16. The standard InChI is InChI=1S/C10H7F3N2O3S/c11-10(12,13)18-5-1-2-6-7(3-5)19-8(15-6)4-17-9(14)16/h1-3H,4H2,(H2,14,16). The predicted molar refractivity (Wildman–Crippen MR) is 60.7 cm³/mol. The molecule has 2 N–H and O–H groups in total. The van der Waals surface area contributed by atoms with Crippen LogP contribution in [0.4, 0.5) is 18.0 Å². The number of hydrogen-bond donors (Lipinski definition) is 1. The molecule has 1 aromatic heterocycles. The Labute approximate surface area is 108 Å². The van der Waals surface area contributed by atoms with E-state index >= 15 is 0 Å². The van der Waals surface area contributed by atoms with Gasteiger partial charge in [0.1, 0.15) is 17.4 Å². The molecule has 0 fully saturated rings. The van der Waals surface area contributed by atoms with Crippen LogP contribution in [0.3, 0.4) is 0 Å². The van der Waals surface area contributed by atoms with E-state index in [1.807, 2.05) is 0 Å². The van der Waals surface area contributed by atoms with Gasteiger partial charge in [0.2, 0.25) is 0 Å². The van der Waals surface area contributed by atoms with Crippen molar-refractivity contribution in [2.75, 3.05) is 0 Å². The lowest BCUT2D eigenvalue weighted by atomic mass is 10.3. The zero-order valence-electron chi connectivity index (χ0n) is 9.23. The summed E-state index contributed by atoms with van der Waals surface area (Å²) in [6.45, 7) is -0.121. The van der Waals surface area contributed by atoms with Gasteiger partial charge >= 0.3 is 12.5 Å². The highest BCUT2D eigenvalue weighted by molar-refractivity contribution is 7.18. The summed E-state index contributed by atoms with van der Waals surface area (Å²) in [7, 11) is 0. The van der Waals surface area contributed by atoms with Gasteiger partial charge in [0.15, 0.2) is 0 Å². The monoisotopic (exact) mass is 292 g/mol. The van der Waals surface area contributed by atoms with Gasteiger partial charge in [-0.3, -0.25) is 0 Å². The number of hydrogen-bond acceptors (Lipinski definition) is 5. The Kier molecular flexibility index (Phi) is 3.47. The highest BCUT2D eigenvalue weighted by atomic mass is 32.1. The fraction of sp³-hybridized carbons (Fsp3) is 0.200. The molecule has 19 heavy (non-hydrogen) atoms. The molecule has 0 aliphatic carbocycles. The molecular weight excluding hydrogens is 285 g/mol. The Morgan fingerprint density at radius 1 is 1.42 bits per heavy atom. The van der Waals surface area contributed by atoms with Crippen LogP contribution in [-0.4, -0.2) is 17.4 Å². The lowest BCUT2D eigenvalue weighted by molar-refractivity contribution is -0.274. The third-order valence-electron chi connectivity index (χ3n) is 1.98. The van der Waals surface area contributed by atoms with E-state index in [0.29, 0.717) is 15.2 Å². The van der Waals surface area contributed by atoms with Gasteiger partial charge in [-0.2, -0.15) is 0 Å². The Balaban J connectivity index is 2.21. The third-order valence-corrected chi connectivity index (χ3v) is 2.97. The van der Waals surface area contributed by atoms with E-state index in [-0.39, 0.29) is 12.4 Å². The van der Waals surface area contributed by atoms with E-state index in [0.717, 1.165) is 17.4 Å². The van der Waals surface area contributed by atoms with Crippen molar-refractivity contribution in [2.45, 2.75) is 13.0 Å². The van der Waals surface area contributed by atoms with Crippen LogP contribution in [0, 0.1) is 0 Å². The van der Waals surface area contributed by atoms with E-state index < -0.39 is 12.5 Å². The Morgan fingerprint density at radius 2 is 2.16 bits per heavy atom. The number of aromatic nitrogens is 1. The van der Waals surface area contributed by atoms with Gasteiger partial charge in [-0.25, -0.2) is 9.78 Å². The molecule has 0 saturated heterocycles. The Hall–Kier alpha value is -2.03. The molecule has 0 unspecified atom stereocenters. The molecule has 0 bridgehead atoms. The highest BCUT2D eigenvalue weighted by Gasteiger charge is 2.31. The fourth-order valence-corrected chi connectivity index (χ4v) is 2.25. The first-order valence-corrected chi connectivity index (χ1v) is 5.72. The van der Waals surface area contributed by atoms with Crippen molar-refractivity contribution >= 4 is 27.6 Å². The van der Waals surface area contributed by atoms with Crippen LogP contribution in [0.5, 0.6) is 5.75 Å². The van der Waals surface area contributed by atoms with Gasteiger partial charge in [-0.15, -0.1) is 24.5 Å². The normalized spacial score (nSPS) is 11.5. The molecule has 0 atom stereocenters. The van der Waals surface area contributed by atoms with Crippen molar-refractivity contribution in [2.24, 2.45) is 5.73 Å². The first kappa shape index (κ1) is 13.4. The van der Waals surface area contributed by atoms with Crippen molar-refractivity contribution < 1.29 is 27.4 Å². The first-order chi connectivity index (χ1) is 8.83. The maximum absolute atomic E-state index is 12.1. The molecule has 102 valence electrons. The number of carbonyl (C=O) groups excluding carboxylic acids is 1. The average Bonchev–Trinajstić information content (AvgIpc) is 2.66. The van der Waals surface area contributed by atoms with E-state index in [1.54, 1.807) is 0 Å². The van der Waals surface area contributed by atoms with Crippen molar-refractivity contribution in [3.63, 3.8) is 0 Å².